The summed E-state index contributed by atoms with van der Waals surface area (Å²) in [6.07, 6.45) is 3.04. The molecule has 0 aliphatic carbocycles. The summed E-state index contributed by atoms with van der Waals surface area (Å²) in [5, 5.41) is 9.36. The third-order valence-corrected chi connectivity index (χ3v) is 5.57. The fraction of sp³-hybridized carbons (Fsp3) is 0.182. The summed E-state index contributed by atoms with van der Waals surface area (Å²) in [6.45, 7) is 3.77. The van der Waals surface area contributed by atoms with Gasteiger partial charge in [-0.3, -0.25) is 9.36 Å². The predicted molar refractivity (Wildman–Crippen MR) is 128 cm³/mol. The second-order valence-corrected chi connectivity index (χ2v) is 7.95. The van der Waals surface area contributed by atoms with Gasteiger partial charge in [0.1, 0.15) is 34.1 Å². The van der Waals surface area contributed by atoms with Gasteiger partial charge in [0, 0.05) is 13.3 Å². The molecule has 10 nitrogen and oxygen atoms in total. The molecule has 5 rings (SSSR count). The number of hydrogen-bond donors (Lipinski definition) is 2. The SMILES string of the molecule is CCCc1nc2ccsc2c(=O)n1-c1ccccc1.Cc1nnc(-c2c(N)ncnc2N)o1. The van der Waals surface area contributed by atoms with Crippen LogP contribution in [0.3, 0.4) is 0 Å². The highest BCUT2D eigenvalue weighted by molar-refractivity contribution is 7.17. The van der Waals surface area contributed by atoms with E-state index >= 15 is 0 Å². The third-order valence-electron chi connectivity index (χ3n) is 4.68. The van der Waals surface area contributed by atoms with Crippen LogP contribution in [0.5, 0.6) is 0 Å². The Hall–Kier alpha value is -4.12. The molecule has 0 spiro atoms. The zero-order valence-corrected chi connectivity index (χ0v) is 18.9. The van der Waals surface area contributed by atoms with E-state index in [1.165, 1.54) is 17.7 Å². The smallest absolute Gasteiger partial charge is 0.276 e. The molecule has 33 heavy (non-hydrogen) atoms. The van der Waals surface area contributed by atoms with Crippen LogP contribution < -0.4 is 17.0 Å². The van der Waals surface area contributed by atoms with Crippen LogP contribution in [0.15, 0.2) is 57.3 Å². The first-order chi connectivity index (χ1) is 16.0. The Labute approximate surface area is 193 Å². The first-order valence-corrected chi connectivity index (χ1v) is 11.1. The van der Waals surface area contributed by atoms with E-state index in [9.17, 15) is 4.79 Å². The molecule has 4 aromatic heterocycles. The Balaban J connectivity index is 0.000000165. The van der Waals surface area contributed by atoms with Crippen molar-refractivity contribution >= 4 is 33.2 Å². The van der Waals surface area contributed by atoms with Crippen molar-refractivity contribution in [2.75, 3.05) is 11.5 Å². The molecule has 4 heterocycles. The molecular weight excluding hydrogens is 440 g/mol. The van der Waals surface area contributed by atoms with Crippen LogP contribution in [0, 0.1) is 6.92 Å². The minimum Gasteiger partial charge on any atom is -0.421 e. The zero-order chi connectivity index (χ0) is 23.4. The van der Waals surface area contributed by atoms with E-state index < -0.39 is 0 Å². The predicted octanol–water partition coefficient (Wildman–Crippen LogP) is 3.40. The van der Waals surface area contributed by atoms with Gasteiger partial charge in [0.05, 0.1) is 11.2 Å². The van der Waals surface area contributed by atoms with Crippen molar-refractivity contribution in [3.8, 4) is 17.1 Å². The Kier molecular flexibility index (Phi) is 6.41. The monoisotopic (exact) mass is 462 g/mol. The lowest BCUT2D eigenvalue weighted by Crippen LogP contribution is -2.23. The number of hydrogen-bond acceptors (Lipinski definition) is 10. The molecule has 0 amide bonds. The lowest BCUT2D eigenvalue weighted by atomic mass is 10.2. The largest absolute Gasteiger partial charge is 0.421 e. The van der Waals surface area contributed by atoms with E-state index in [4.69, 9.17) is 15.9 Å². The normalized spacial score (nSPS) is 10.7. The molecule has 5 aromatic rings. The molecule has 0 fully saturated rings. The standard InChI is InChI=1S/C15H14N2OS.C7H8N6O/c1-2-6-13-16-12-9-10-19-14(12)15(18)17(13)11-7-4-3-5-8-11;1-3-12-13-7(14-3)4-5(8)10-2-11-6(4)9/h3-5,7-10H,2,6H2,1H3;2H,1H3,(H4,8,9,10,11). The minimum atomic E-state index is 0.0367. The van der Waals surface area contributed by atoms with Crippen molar-refractivity contribution in [2.24, 2.45) is 0 Å². The number of aromatic nitrogens is 6. The molecule has 0 aliphatic rings. The van der Waals surface area contributed by atoms with Gasteiger partial charge in [-0.25, -0.2) is 15.0 Å². The van der Waals surface area contributed by atoms with Crippen LogP contribution in [0.25, 0.3) is 27.4 Å². The summed E-state index contributed by atoms with van der Waals surface area (Å²) in [6, 6.07) is 11.6. The summed E-state index contributed by atoms with van der Waals surface area (Å²) >= 11 is 1.45. The number of nitrogen functional groups attached to an aromatic ring is 2. The summed E-state index contributed by atoms with van der Waals surface area (Å²) in [5.41, 5.74) is 13.3. The van der Waals surface area contributed by atoms with Gasteiger partial charge in [-0.2, -0.15) is 0 Å². The van der Waals surface area contributed by atoms with Gasteiger partial charge < -0.3 is 15.9 Å². The number of fused-ring (bicyclic) bond motifs is 1. The van der Waals surface area contributed by atoms with Crippen LogP contribution >= 0.6 is 11.3 Å². The maximum Gasteiger partial charge on any atom is 0.276 e. The van der Waals surface area contributed by atoms with Crippen LogP contribution in [0.2, 0.25) is 0 Å². The van der Waals surface area contributed by atoms with Gasteiger partial charge in [0.15, 0.2) is 0 Å². The first kappa shape index (κ1) is 22.1. The number of benzene rings is 1. The topological polar surface area (TPSA) is 152 Å². The van der Waals surface area contributed by atoms with E-state index in [2.05, 4.69) is 32.1 Å². The highest BCUT2D eigenvalue weighted by Crippen LogP contribution is 2.26. The minimum absolute atomic E-state index is 0.0367. The van der Waals surface area contributed by atoms with Gasteiger partial charge in [-0.15, -0.1) is 21.5 Å². The highest BCUT2D eigenvalue weighted by atomic mass is 32.1. The number of aryl methyl sites for hydroxylation is 2. The molecule has 11 heteroatoms. The van der Waals surface area contributed by atoms with Gasteiger partial charge in [-0.1, -0.05) is 25.1 Å². The summed E-state index contributed by atoms with van der Waals surface area (Å²) in [5.74, 6) is 1.95. The summed E-state index contributed by atoms with van der Waals surface area (Å²) in [7, 11) is 0. The average molecular weight is 463 g/mol. The van der Waals surface area contributed by atoms with Crippen LogP contribution in [-0.2, 0) is 6.42 Å². The molecule has 0 unspecified atom stereocenters. The van der Waals surface area contributed by atoms with E-state index in [1.54, 1.807) is 11.5 Å². The molecule has 0 bridgehead atoms. The molecule has 1 aromatic carbocycles. The van der Waals surface area contributed by atoms with Crippen LogP contribution in [0.1, 0.15) is 25.1 Å². The summed E-state index contributed by atoms with van der Waals surface area (Å²) < 4.78 is 7.63. The van der Waals surface area contributed by atoms with Gasteiger partial charge in [-0.05, 0) is 30.0 Å². The van der Waals surface area contributed by atoms with Crippen molar-refractivity contribution < 1.29 is 4.42 Å². The van der Waals surface area contributed by atoms with Crippen molar-refractivity contribution in [2.45, 2.75) is 26.7 Å². The fourth-order valence-electron chi connectivity index (χ4n) is 3.22. The molecule has 168 valence electrons. The molecule has 4 N–H and O–H groups in total. The van der Waals surface area contributed by atoms with E-state index in [1.807, 2.05) is 41.8 Å². The van der Waals surface area contributed by atoms with E-state index in [0.717, 1.165) is 34.6 Å². The Morgan fingerprint density at radius 2 is 1.79 bits per heavy atom. The average Bonchev–Trinajstić information content (AvgIpc) is 3.44. The summed E-state index contributed by atoms with van der Waals surface area (Å²) in [4.78, 5) is 24.8. The van der Waals surface area contributed by atoms with Crippen molar-refractivity contribution in [1.82, 2.24) is 29.7 Å². The lowest BCUT2D eigenvalue weighted by molar-refractivity contribution is 0.533. The molecule has 0 saturated heterocycles. The Morgan fingerprint density at radius 3 is 2.42 bits per heavy atom. The Bertz CT molecular complexity index is 1420. The maximum absolute atomic E-state index is 12.6. The van der Waals surface area contributed by atoms with Gasteiger partial charge >= 0.3 is 0 Å². The lowest BCUT2D eigenvalue weighted by Gasteiger charge is -2.11. The van der Waals surface area contributed by atoms with Crippen molar-refractivity contribution in [3.63, 3.8) is 0 Å². The molecular formula is C22H22N8O2S. The third kappa shape index (κ3) is 4.58. The zero-order valence-electron chi connectivity index (χ0n) is 18.1. The quantitative estimate of drug-likeness (QED) is 0.409. The second kappa shape index (κ2) is 9.57. The van der Waals surface area contributed by atoms with Gasteiger partial charge in [0.2, 0.25) is 5.89 Å². The second-order valence-electron chi connectivity index (χ2n) is 7.03. The fourth-order valence-corrected chi connectivity index (χ4v) is 3.98. The van der Waals surface area contributed by atoms with E-state index in [0.29, 0.717) is 11.5 Å². The molecule has 0 radical (unpaired) electrons. The highest BCUT2D eigenvalue weighted by Gasteiger charge is 2.15. The van der Waals surface area contributed by atoms with Crippen LogP contribution in [-0.4, -0.2) is 29.7 Å². The molecule has 0 saturated carbocycles. The first-order valence-electron chi connectivity index (χ1n) is 10.2. The Morgan fingerprint density at radius 1 is 1.06 bits per heavy atom. The van der Waals surface area contributed by atoms with E-state index in [-0.39, 0.29) is 23.1 Å². The number of nitrogens with two attached hydrogens (primary N) is 2. The van der Waals surface area contributed by atoms with Crippen molar-refractivity contribution in [3.05, 3.63) is 70.2 Å². The van der Waals surface area contributed by atoms with Crippen molar-refractivity contribution in [1.29, 1.82) is 0 Å². The molecule has 0 aliphatic heterocycles. The number of para-hydroxylation sites is 1. The number of rotatable bonds is 4. The maximum atomic E-state index is 12.6. The van der Waals surface area contributed by atoms with Crippen LogP contribution in [0.4, 0.5) is 11.6 Å². The number of thiophene rings is 1. The molecule has 0 atom stereocenters. The number of nitrogens with zero attached hydrogens (tertiary/aromatic N) is 6. The number of anilines is 2. The van der Waals surface area contributed by atoms with Gasteiger partial charge in [0.25, 0.3) is 11.4 Å².